The van der Waals surface area contributed by atoms with Crippen molar-refractivity contribution in [3.63, 3.8) is 0 Å². The lowest BCUT2D eigenvalue weighted by Gasteiger charge is -2.21. The molecule has 1 fully saturated rings. The number of hydrogen-bond donors (Lipinski definition) is 4. The van der Waals surface area contributed by atoms with Gasteiger partial charge in [-0.1, -0.05) is 24.5 Å². The van der Waals surface area contributed by atoms with E-state index in [4.69, 9.17) is 9.47 Å². The smallest absolute Gasteiger partial charge is 0.255 e. The van der Waals surface area contributed by atoms with Crippen LogP contribution in [0.2, 0.25) is 0 Å². The molecule has 0 spiro atoms. The number of H-pyrrole nitrogens is 1. The van der Waals surface area contributed by atoms with E-state index in [1.807, 2.05) is 0 Å². The second-order valence-electron chi connectivity index (χ2n) is 8.93. The fraction of sp³-hybridized carbons (Fsp3) is 0.250. The lowest BCUT2D eigenvalue weighted by molar-refractivity contribution is -0.117. The number of aromatic amines is 1. The first-order valence-electron chi connectivity index (χ1n) is 12.1. The second-order valence-corrected chi connectivity index (χ2v) is 8.93. The summed E-state index contributed by atoms with van der Waals surface area (Å²) in [4.78, 5) is 32.6. The Balaban J connectivity index is 1.63. The van der Waals surface area contributed by atoms with Gasteiger partial charge >= 0.3 is 0 Å². The lowest BCUT2D eigenvalue weighted by Crippen LogP contribution is -2.47. The maximum absolute atomic E-state index is 14.5. The van der Waals surface area contributed by atoms with Gasteiger partial charge < -0.3 is 30.4 Å². The number of halogens is 1. The van der Waals surface area contributed by atoms with Crippen LogP contribution in [-0.4, -0.2) is 54.2 Å². The largest absolute Gasteiger partial charge is 0.492 e. The number of pyridine rings is 1. The lowest BCUT2D eigenvalue weighted by atomic mass is 9.97. The van der Waals surface area contributed by atoms with E-state index in [2.05, 4.69) is 44.3 Å². The molecule has 1 unspecified atom stereocenters. The Bertz CT molecular complexity index is 1480. The molecule has 10 heteroatoms. The highest BCUT2D eigenvalue weighted by atomic mass is 19.1. The molecule has 3 aromatic rings. The van der Waals surface area contributed by atoms with Gasteiger partial charge in [0.15, 0.2) is 11.6 Å². The molecular weight excluding hydrogens is 489 g/mol. The number of aromatic nitrogens is 2. The van der Waals surface area contributed by atoms with Crippen molar-refractivity contribution in [3.05, 3.63) is 72.0 Å². The Morgan fingerprint density at radius 2 is 2.24 bits per heavy atom. The van der Waals surface area contributed by atoms with Gasteiger partial charge in [0.05, 0.1) is 48.5 Å². The van der Waals surface area contributed by atoms with Crippen LogP contribution in [0, 0.1) is 17.7 Å². The van der Waals surface area contributed by atoms with Crippen LogP contribution >= 0.6 is 0 Å². The zero-order valence-electron chi connectivity index (χ0n) is 20.7. The summed E-state index contributed by atoms with van der Waals surface area (Å²) in [5.41, 5.74) is 3.00. The third-order valence-electron chi connectivity index (χ3n) is 6.49. The first kappa shape index (κ1) is 25.0. The average molecular weight is 516 g/mol. The highest BCUT2D eigenvalue weighted by Crippen LogP contribution is 2.40. The topological polar surface area (TPSA) is 117 Å². The quantitative estimate of drug-likeness (QED) is 0.296. The zero-order valence-corrected chi connectivity index (χ0v) is 20.7. The van der Waals surface area contributed by atoms with E-state index < -0.39 is 11.4 Å². The summed E-state index contributed by atoms with van der Waals surface area (Å²) in [7, 11) is 1.38. The predicted molar refractivity (Wildman–Crippen MR) is 140 cm³/mol. The Kier molecular flexibility index (Phi) is 6.85. The summed E-state index contributed by atoms with van der Waals surface area (Å²) < 4.78 is 25.3. The van der Waals surface area contributed by atoms with E-state index >= 15 is 0 Å². The standard InChI is InChI=1S/C28H26FN5O4/c1-3-22(35)34-28(11-14-38-16-28)10-7-17-15-30-12-8-18(17)24-25(23-20(32-24)9-13-31-27(23)36)33-21-6-4-5-19(29)26(21)37-2/h3-6,8,12,15,32-33H,1,9,11,13-14,16H2,2H3,(H,31,36)(H,34,35). The van der Waals surface area contributed by atoms with Crippen molar-refractivity contribution in [2.24, 2.45) is 0 Å². The van der Waals surface area contributed by atoms with Gasteiger partial charge in [-0.25, -0.2) is 4.39 Å². The van der Waals surface area contributed by atoms with Crippen LogP contribution in [0.25, 0.3) is 11.3 Å². The zero-order chi connectivity index (χ0) is 26.7. The number of hydrogen-bond acceptors (Lipinski definition) is 6. The Labute approximate surface area is 218 Å². The van der Waals surface area contributed by atoms with E-state index in [0.29, 0.717) is 59.8 Å². The van der Waals surface area contributed by atoms with Crippen LogP contribution in [0.4, 0.5) is 15.8 Å². The van der Waals surface area contributed by atoms with Crippen LogP contribution in [0.15, 0.2) is 49.3 Å². The van der Waals surface area contributed by atoms with Crippen molar-refractivity contribution >= 4 is 23.2 Å². The van der Waals surface area contributed by atoms with Crippen molar-refractivity contribution in [2.45, 2.75) is 18.4 Å². The fourth-order valence-corrected chi connectivity index (χ4v) is 4.63. The van der Waals surface area contributed by atoms with Crippen molar-refractivity contribution in [3.8, 4) is 28.8 Å². The molecule has 2 amide bonds. The Hall–Kier alpha value is -4.62. The summed E-state index contributed by atoms with van der Waals surface area (Å²) in [6.45, 7) is 4.72. The highest BCUT2D eigenvalue weighted by Gasteiger charge is 2.34. The summed E-state index contributed by atoms with van der Waals surface area (Å²) >= 11 is 0. The predicted octanol–water partition coefficient (Wildman–Crippen LogP) is 3.07. The Morgan fingerprint density at radius 3 is 3.00 bits per heavy atom. The van der Waals surface area contributed by atoms with Gasteiger partial charge in [-0.05, 0) is 24.3 Å². The van der Waals surface area contributed by atoms with Crippen molar-refractivity contribution in [1.82, 2.24) is 20.6 Å². The SMILES string of the molecule is C=CC(=O)NC1(C#Cc2cnccc2-c2[nH]c3c(c2Nc2cccc(F)c2OC)C(=O)NCC3)CCOC1. The molecule has 2 aliphatic heterocycles. The molecule has 9 nitrogen and oxygen atoms in total. The molecule has 0 bridgehead atoms. The molecule has 1 saturated heterocycles. The third-order valence-corrected chi connectivity index (χ3v) is 6.49. The van der Waals surface area contributed by atoms with E-state index in [-0.39, 0.29) is 24.2 Å². The molecule has 0 radical (unpaired) electrons. The van der Waals surface area contributed by atoms with Gasteiger partial charge in [0.1, 0.15) is 5.54 Å². The number of ether oxygens (including phenoxy) is 2. The average Bonchev–Trinajstić information content (AvgIpc) is 3.53. The molecule has 1 aromatic carbocycles. The van der Waals surface area contributed by atoms with Crippen LogP contribution in [0.3, 0.4) is 0 Å². The molecule has 4 N–H and O–H groups in total. The van der Waals surface area contributed by atoms with E-state index in [0.717, 1.165) is 5.69 Å². The second kappa shape index (κ2) is 10.4. The molecular formula is C28H26FN5O4. The minimum atomic E-state index is -0.858. The van der Waals surface area contributed by atoms with Gasteiger partial charge in [-0.2, -0.15) is 0 Å². The van der Waals surface area contributed by atoms with Gasteiger partial charge in [0.25, 0.3) is 5.91 Å². The molecule has 0 aliphatic carbocycles. The monoisotopic (exact) mass is 515 g/mol. The number of carbonyl (C=O) groups excluding carboxylic acids is 2. The minimum absolute atomic E-state index is 0.0282. The van der Waals surface area contributed by atoms with Crippen LogP contribution < -0.4 is 20.7 Å². The van der Waals surface area contributed by atoms with E-state index in [1.165, 1.54) is 19.3 Å². The molecule has 2 aromatic heterocycles. The first-order valence-corrected chi connectivity index (χ1v) is 12.1. The van der Waals surface area contributed by atoms with Crippen LogP contribution in [0.1, 0.15) is 28.0 Å². The molecule has 1 atom stereocenters. The van der Waals surface area contributed by atoms with Gasteiger partial charge in [-0.3, -0.25) is 14.6 Å². The minimum Gasteiger partial charge on any atom is -0.492 e. The van der Waals surface area contributed by atoms with Crippen molar-refractivity contribution in [1.29, 1.82) is 0 Å². The van der Waals surface area contributed by atoms with Gasteiger partial charge in [-0.15, -0.1) is 0 Å². The number of para-hydroxylation sites is 1. The summed E-state index contributed by atoms with van der Waals surface area (Å²) in [5, 5.41) is 8.97. The molecule has 5 rings (SSSR count). The number of rotatable bonds is 6. The van der Waals surface area contributed by atoms with Gasteiger partial charge in [0, 0.05) is 43.0 Å². The maximum Gasteiger partial charge on any atom is 0.255 e. The third kappa shape index (κ3) is 4.71. The number of nitrogens with zero attached hydrogens (tertiary/aromatic N) is 1. The highest BCUT2D eigenvalue weighted by molar-refractivity contribution is 6.06. The first-order chi connectivity index (χ1) is 18.4. The number of benzene rings is 1. The molecule has 38 heavy (non-hydrogen) atoms. The van der Waals surface area contributed by atoms with Crippen molar-refractivity contribution < 1.29 is 23.5 Å². The molecule has 2 aliphatic rings. The summed E-state index contributed by atoms with van der Waals surface area (Å²) in [5.74, 6) is 5.25. The molecule has 0 saturated carbocycles. The number of methoxy groups -OCH3 is 1. The number of anilines is 2. The number of fused-ring (bicyclic) bond motifs is 1. The van der Waals surface area contributed by atoms with E-state index in [9.17, 15) is 14.0 Å². The number of carbonyl (C=O) groups is 2. The van der Waals surface area contributed by atoms with Gasteiger partial charge in [0.2, 0.25) is 5.91 Å². The van der Waals surface area contributed by atoms with Crippen LogP contribution in [0.5, 0.6) is 5.75 Å². The Morgan fingerprint density at radius 1 is 1.37 bits per heavy atom. The number of amides is 2. The summed E-state index contributed by atoms with van der Waals surface area (Å²) in [6, 6.07) is 6.32. The maximum atomic E-state index is 14.5. The van der Waals surface area contributed by atoms with Crippen molar-refractivity contribution in [2.75, 3.05) is 32.2 Å². The normalized spacial score (nSPS) is 18.0. The molecule has 4 heterocycles. The van der Waals surface area contributed by atoms with Crippen LogP contribution in [-0.2, 0) is 16.0 Å². The van der Waals surface area contributed by atoms with E-state index in [1.54, 1.807) is 30.6 Å². The fourth-order valence-electron chi connectivity index (χ4n) is 4.63. The number of nitrogens with one attached hydrogen (secondary N) is 4. The molecule has 194 valence electrons. The summed E-state index contributed by atoms with van der Waals surface area (Å²) in [6.07, 6.45) is 5.56.